The van der Waals surface area contributed by atoms with Gasteiger partial charge in [-0.05, 0) is 36.2 Å². The quantitative estimate of drug-likeness (QED) is 0.554. The van der Waals surface area contributed by atoms with Crippen molar-refractivity contribution < 1.29 is 9.53 Å². The summed E-state index contributed by atoms with van der Waals surface area (Å²) < 4.78 is 5.60. The number of hydrogen-bond acceptors (Lipinski definition) is 2. The van der Waals surface area contributed by atoms with Crippen LogP contribution in [0, 0.1) is 0 Å². The molecule has 0 unspecified atom stereocenters. The number of carbonyl (C=O) groups is 1. The van der Waals surface area contributed by atoms with E-state index in [1.807, 2.05) is 24.3 Å². The van der Waals surface area contributed by atoms with Crippen LogP contribution >= 0.6 is 23.2 Å². The van der Waals surface area contributed by atoms with Crippen molar-refractivity contribution in [2.45, 2.75) is 6.42 Å². The summed E-state index contributed by atoms with van der Waals surface area (Å²) in [6.45, 7) is 3.62. The number of hydrogen-bond donors (Lipinski definition) is 0. The number of benzene rings is 2. The summed E-state index contributed by atoms with van der Waals surface area (Å²) >= 11 is 11.9. The van der Waals surface area contributed by atoms with E-state index in [-0.39, 0.29) is 12.4 Å². The molecule has 21 heavy (non-hydrogen) atoms. The molecule has 0 amide bonds. The lowest BCUT2D eigenvalue weighted by atomic mass is 10.1. The van der Waals surface area contributed by atoms with Gasteiger partial charge in [0.05, 0.1) is 5.02 Å². The van der Waals surface area contributed by atoms with Crippen LogP contribution in [0.4, 0.5) is 0 Å². The van der Waals surface area contributed by atoms with Gasteiger partial charge in [-0.3, -0.25) is 4.79 Å². The summed E-state index contributed by atoms with van der Waals surface area (Å²) in [7, 11) is 0. The molecule has 0 atom stereocenters. The molecule has 0 bridgehead atoms. The minimum absolute atomic E-state index is 0.0891. The first-order valence-electron chi connectivity index (χ1n) is 6.41. The van der Waals surface area contributed by atoms with Crippen molar-refractivity contribution in [3.8, 4) is 5.75 Å². The van der Waals surface area contributed by atoms with Crippen LogP contribution in [0.15, 0.2) is 55.1 Å². The molecule has 2 nitrogen and oxygen atoms in total. The van der Waals surface area contributed by atoms with Gasteiger partial charge in [0, 0.05) is 10.6 Å². The fraction of sp³-hybridized carbons (Fsp3) is 0.118. The van der Waals surface area contributed by atoms with E-state index in [0.717, 1.165) is 5.56 Å². The van der Waals surface area contributed by atoms with Gasteiger partial charge in [0.25, 0.3) is 0 Å². The van der Waals surface area contributed by atoms with Gasteiger partial charge in [0.1, 0.15) is 5.75 Å². The molecule has 0 radical (unpaired) electrons. The van der Waals surface area contributed by atoms with Crippen LogP contribution in [0.2, 0.25) is 10.0 Å². The van der Waals surface area contributed by atoms with Crippen molar-refractivity contribution in [1.29, 1.82) is 0 Å². The molecule has 2 aromatic carbocycles. The zero-order valence-corrected chi connectivity index (χ0v) is 12.8. The SMILES string of the molecule is C=CCc1ccccc1OCC(=O)c1cc(Cl)ccc1Cl. The highest BCUT2D eigenvalue weighted by atomic mass is 35.5. The van der Waals surface area contributed by atoms with E-state index in [9.17, 15) is 4.79 Å². The molecule has 0 aliphatic heterocycles. The van der Waals surface area contributed by atoms with Gasteiger partial charge in [0.2, 0.25) is 5.78 Å². The van der Waals surface area contributed by atoms with E-state index >= 15 is 0 Å². The van der Waals surface area contributed by atoms with E-state index in [1.165, 1.54) is 0 Å². The van der Waals surface area contributed by atoms with Crippen LogP contribution in [-0.4, -0.2) is 12.4 Å². The summed E-state index contributed by atoms with van der Waals surface area (Å²) in [4.78, 5) is 12.2. The Morgan fingerprint density at radius 1 is 1.19 bits per heavy atom. The molecule has 0 saturated heterocycles. The van der Waals surface area contributed by atoms with Crippen LogP contribution in [0.1, 0.15) is 15.9 Å². The second-order valence-electron chi connectivity index (χ2n) is 4.44. The molecule has 0 aromatic heterocycles. The maximum absolute atomic E-state index is 12.2. The van der Waals surface area contributed by atoms with E-state index in [4.69, 9.17) is 27.9 Å². The molecule has 4 heteroatoms. The smallest absolute Gasteiger partial charge is 0.201 e. The maximum atomic E-state index is 12.2. The van der Waals surface area contributed by atoms with Gasteiger partial charge in [-0.15, -0.1) is 6.58 Å². The van der Waals surface area contributed by atoms with E-state index in [1.54, 1.807) is 24.3 Å². The number of ketones is 1. The molecule has 0 heterocycles. The number of ether oxygens (including phenoxy) is 1. The van der Waals surface area contributed by atoms with Crippen molar-refractivity contribution >= 4 is 29.0 Å². The molecule has 0 aliphatic rings. The molecule has 108 valence electrons. The predicted octanol–water partition coefficient (Wildman–Crippen LogP) is 4.98. The molecule has 0 saturated carbocycles. The molecular weight excluding hydrogens is 307 g/mol. The molecular formula is C17H14Cl2O2. The van der Waals surface area contributed by atoms with Crippen LogP contribution in [0.25, 0.3) is 0 Å². The van der Waals surface area contributed by atoms with Crippen molar-refractivity contribution in [2.75, 3.05) is 6.61 Å². The lowest BCUT2D eigenvalue weighted by molar-refractivity contribution is 0.0921. The van der Waals surface area contributed by atoms with Crippen LogP contribution in [0.5, 0.6) is 5.75 Å². The Balaban J connectivity index is 2.11. The molecule has 2 rings (SSSR count). The van der Waals surface area contributed by atoms with Gasteiger partial charge in [-0.2, -0.15) is 0 Å². The second kappa shape index (κ2) is 7.30. The third kappa shape index (κ3) is 4.10. The molecule has 0 N–H and O–H groups in total. The van der Waals surface area contributed by atoms with Crippen molar-refractivity contribution in [3.05, 3.63) is 76.3 Å². The Labute approximate surface area is 134 Å². The fourth-order valence-electron chi connectivity index (χ4n) is 1.90. The summed E-state index contributed by atoms with van der Waals surface area (Å²) in [6, 6.07) is 12.3. The molecule has 0 aliphatic carbocycles. The van der Waals surface area contributed by atoms with E-state index in [2.05, 4.69) is 6.58 Å². The lowest BCUT2D eigenvalue weighted by Gasteiger charge is -2.10. The third-order valence-electron chi connectivity index (χ3n) is 2.92. The monoisotopic (exact) mass is 320 g/mol. The lowest BCUT2D eigenvalue weighted by Crippen LogP contribution is -2.13. The minimum Gasteiger partial charge on any atom is -0.485 e. The van der Waals surface area contributed by atoms with Gasteiger partial charge in [0.15, 0.2) is 6.61 Å². The number of allylic oxidation sites excluding steroid dienone is 1. The van der Waals surface area contributed by atoms with Gasteiger partial charge in [-0.1, -0.05) is 47.5 Å². The summed E-state index contributed by atoms with van der Waals surface area (Å²) in [5.74, 6) is 0.458. The predicted molar refractivity (Wildman–Crippen MR) is 86.6 cm³/mol. The zero-order valence-electron chi connectivity index (χ0n) is 11.3. The standard InChI is InChI=1S/C17H14Cl2O2/c1-2-5-12-6-3-4-7-17(12)21-11-16(20)14-10-13(18)8-9-15(14)19/h2-4,6-10H,1,5,11H2. The van der Waals surface area contributed by atoms with Crippen LogP contribution in [0.3, 0.4) is 0 Å². The summed E-state index contributed by atoms with van der Waals surface area (Å²) in [6.07, 6.45) is 2.47. The van der Waals surface area contributed by atoms with Crippen molar-refractivity contribution in [3.63, 3.8) is 0 Å². The largest absolute Gasteiger partial charge is 0.485 e. The first-order chi connectivity index (χ1) is 10.1. The Morgan fingerprint density at radius 3 is 2.71 bits per heavy atom. The van der Waals surface area contributed by atoms with E-state index in [0.29, 0.717) is 27.8 Å². The molecule has 0 fully saturated rings. The Kier molecular flexibility index (Phi) is 5.43. The van der Waals surface area contributed by atoms with E-state index < -0.39 is 0 Å². The first kappa shape index (κ1) is 15.6. The Hall–Kier alpha value is -1.77. The number of rotatable bonds is 6. The second-order valence-corrected chi connectivity index (χ2v) is 5.28. The molecule has 0 spiro atoms. The highest BCUT2D eigenvalue weighted by molar-refractivity contribution is 6.35. The average molecular weight is 321 g/mol. The number of carbonyl (C=O) groups excluding carboxylic acids is 1. The molecule has 2 aromatic rings. The van der Waals surface area contributed by atoms with Crippen LogP contribution in [-0.2, 0) is 6.42 Å². The van der Waals surface area contributed by atoms with Gasteiger partial charge in [-0.25, -0.2) is 0 Å². The highest BCUT2D eigenvalue weighted by Gasteiger charge is 2.12. The summed E-state index contributed by atoms with van der Waals surface area (Å²) in [5, 5.41) is 0.835. The zero-order chi connectivity index (χ0) is 15.2. The number of halogens is 2. The van der Waals surface area contributed by atoms with Crippen molar-refractivity contribution in [2.24, 2.45) is 0 Å². The Bertz CT molecular complexity index is 666. The topological polar surface area (TPSA) is 26.3 Å². The van der Waals surface area contributed by atoms with Gasteiger partial charge >= 0.3 is 0 Å². The fourth-order valence-corrected chi connectivity index (χ4v) is 2.30. The number of para-hydroxylation sites is 1. The average Bonchev–Trinajstić information content (AvgIpc) is 2.49. The minimum atomic E-state index is -0.212. The number of Topliss-reactive ketones (excluding diaryl/α,β-unsaturated/α-hetero) is 1. The van der Waals surface area contributed by atoms with Gasteiger partial charge < -0.3 is 4.74 Å². The maximum Gasteiger partial charge on any atom is 0.201 e. The third-order valence-corrected chi connectivity index (χ3v) is 3.49. The highest BCUT2D eigenvalue weighted by Crippen LogP contribution is 2.23. The van der Waals surface area contributed by atoms with Crippen LogP contribution < -0.4 is 4.74 Å². The Morgan fingerprint density at radius 2 is 1.95 bits per heavy atom. The van der Waals surface area contributed by atoms with Crippen molar-refractivity contribution in [1.82, 2.24) is 0 Å². The normalized spacial score (nSPS) is 10.2. The first-order valence-corrected chi connectivity index (χ1v) is 7.17. The summed E-state index contributed by atoms with van der Waals surface area (Å²) in [5.41, 5.74) is 1.35.